The van der Waals surface area contributed by atoms with Gasteiger partial charge in [0, 0.05) is 23.3 Å². The summed E-state index contributed by atoms with van der Waals surface area (Å²) in [6.07, 6.45) is 7.49. The topological polar surface area (TPSA) is 56.4 Å². The molecule has 0 bridgehead atoms. The largest absolute Gasteiger partial charge is 0.497 e. The average molecular weight is 352 g/mol. The van der Waals surface area contributed by atoms with Gasteiger partial charge in [-0.1, -0.05) is 13.8 Å². The molecule has 1 aliphatic heterocycles. The van der Waals surface area contributed by atoms with Gasteiger partial charge >= 0.3 is 0 Å². The maximum atomic E-state index is 9.45. The monoisotopic (exact) mass is 352 g/mol. The molecule has 2 heterocycles. The number of methoxy groups -OCH3 is 1. The summed E-state index contributed by atoms with van der Waals surface area (Å²) in [4.78, 5) is 0. The fraction of sp³-hybridized carbons (Fsp3) is 0.286. The summed E-state index contributed by atoms with van der Waals surface area (Å²) >= 11 is 0. The van der Waals surface area contributed by atoms with Crippen LogP contribution in [0.2, 0.25) is 0 Å². The van der Waals surface area contributed by atoms with E-state index in [1.807, 2.05) is 74.9 Å². The third-order valence-corrected chi connectivity index (χ3v) is 3.99. The standard InChI is InChI=1S/C19H18N2O3.C2H6/c1-4-18-19(24-12-23-18)6-5-9-21-13(2)16(11-20)15-8-7-14(22-3)10-17(15)21;1-2/h4-10H,12H2,1-3H3;1-2H3/b9-5+,18-4+,19-6+;. The van der Waals surface area contributed by atoms with Gasteiger partial charge in [0.25, 0.3) is 0 Å². The zero-order valence-corrected chi connectivity index (χ0v) is 15.9. The number of fused-ring (bicyclic) bond motifs is 1. The number of rotatable bonds is 3. The molecule has 0 radical (unpaired) electrons. The van der Waals surface area contributed by atoms with Gasteiger partial charge in [-0.3, -0.25) is 0 Å². The lowest BCUT2D eigenvalue weighted by Crippen LogP contribution is -1.90. The van der Waals surface area contributed by atoms with E-state index in [1.54, 1.807) is 7.11 Å². The van der Waals surface area contributed by atoms with Crippen LogP contribution in [-0.2, 0) is 9.47 Å². The molecule has 5 nitrogen and oxygen atoms in total. The molecule has 136 valence electrons. The Labute approximate surface area is 154 Å². The fourth-order valence-corrected chi connectivity index (χ4v) is 2.75. The van der Waals surface area contributed by atoms with Crippen LogP contribution < -0.4 is 4.74 Å². The Kier molecular flexibility index (Phi) is 6.51. The molecule has 1 aliphatic rings. The molecule has 5 heteroatoms. The van der Waals surface area contributed by atoms with E-state index in [0.717, 1.165) is 28.1 Å². The van der Waals surface area contributed by atoms with E-state index in [4.69, 9.17) is 14.2 Å². The maximum Gasteiger partial charge on any atom is 0.231 e. The van der Waals surface area contributed by atoms with Gasteiger partial charge in [0.1, 0.15) is 11.8 Å². The minimum atomic E-state index is 0.237. The molecule has 0 unspecified atom stereocenters. The Morgan fingerprint density at radius 3 is 2.62 bits per heavy atom. The number of ether oxygens (including phenoxy) is 3. The Morgan fingerprint density at radius 2 is 1.96 bits per heavy atom. The molecule has 0 aliphatic carbocycles. The van der Waals surface area contributed by atoms with Crippen molar-refractivity contribution in [1.29, 1.82) is 5.26 Å². The predicted molar refractivity (Wildman–Crippen MR) is 103 cm³/mol. The van der Waals surface area contributed by atoms with Crippen molar-refractivity contribution in [3.8, 4) is 11.8 Å². The number of aromatic nitrogens is 1. The fourth-order valence-electron chi connectivity index (χ4n) is 2.75. The van der Waals surface area contributed by atoms with Crippen molar-refractivity contribution < 1.29 is 14.2 Å². The Balaban J connectivity index is 0.00000117. The van der Waals surface area contributed by atoms with Crippen molar-refractivity contribution in [3.63, 3.8) is 0 Å². The quantitative estimate of drug-likeness (QED) is 0.769. The molecule has 1 fully saturated rings. The first-order valence-corrected chi connectivity index (χ1v) is 8.59. The molecule has 26 heavy (non-hydrogen) atoms. The van der Waals surface area contributed by atoms with Crippen LogP contribution in [0.3, 0.4) is 0 Å². The van der Waals surface area contributed by atoms with E-state index in [1.165, 1.54) is 0 Å². The number of benzene rings is 1. The van der Waals surface area contributed by atoms with Gasteiger partial charge in [-0.25, -0.2) is 0 Å². The third kappa shape index (κ3) is 3.60. The van der Waals surface area contributed by atoms with Crippen molar-refractivity contribution in [1.82, 2.24) is 4.57 Å². The highest BCUT2D eigenvalue weighted by Crippen LogP contribution is 2.29. The number of nitrogens with zero attached hydrogens (tertiary/aromatic N) is 2. The summed E-state index contributed by atoms with van der Waals surface area (Å²) in [6, 6.07) is 7.98. The van der Waals surface area contributed by atoms with Gasteiger partial charge in [-0.2, -0.15) is 5.26 Å². The molecule has 1 saturated heterocycles. The first-order chi connectivity index (χ1) is 12.7. The lowest BCUT2D eigenvalue weighted by molar-refractivity contribution is 0.0976. The van der Waals surface area contributed by atoms with Crippen molar-refractivity contribution in [2.24, 2.45) is 0 Å². The van der Waals surface area contributed by atoms with Gasteiger partial charge in [0.2, 0.25) is 6.79 Å². The molecular formula is C21H24N2O3. The zero-order chi connectivity index (χ0) is 19.1. The van der Waals surface area contributed by atoms with Crippen molar-refractivity contribution in [2.75, 3.05) is 13.9 Å². The van der Waals surface area contributed by atoms with Gasteiger partial charge in [0.15, 0.2) is 11.5 Å². The van der Waals surface area contributed by atoms with Gasteiger partial charge in [0.05, 0.1) is 18.2 Å². The Bertz CT molecular complexity index is 911. The third-order valence-electron chi connectivity index (χ3n) is 3.99. The van der Waals surface area contributed by atoms with Gasteiger partial charge in [-0.15, -0.1) is 0 Å². The summed E-state index contributed by atoms with van der Waals surface area (Å²) in [7, 11) is 1.63. The maximum absolute atomic E-state index is 9.45. The van der Waals surface area contributed by atoms with E-state index in [-0.39, 0.29) is 6.79 Å². The van der Waals surface area contributed by atoms with Crippen molar-refractivity contribution >= 4 is 17.1 Å². The number of hydrogen-bond acceptors (Lipinski definition) is 4. The molecule has 0 atom stereocenters. The first-order valence-electron chi connectivity index (χ1n) is 8.59. The highest BCUT2D eigenvalue weighted by molar-refractivity contribution is 5.90. The van der Waals surface area contributed by atoms with E-state index in [9.17, 15) is 5.26 Å². The van der Waals surface area contributed by atoms with Crippen LogP contribution in [0.15, 0.2) is 47.9 Å². The summed E-state index contributed by atoms with van der Waals surface area (Å²) in [5, 5.41) is 10.4. The second kappa shape index (κ2) is 8.82. The Morgan fingerprint density at radius 1 is 1.23 bits per heavy atom. The number of hydrogen-bond donors (Lipinski definition) is 0. The van der Waals surface area contributed by atoms with Crippen LogP contribution in [0.5, 0.6) is 5.75 Å². The molecule has 1 aromatic heterocycles. The molecule has 0 spiro atoms. The van der Waals surface area contributed by atoms with Crippen molar-refractivity contribution in [2.45, 2.75) is 27.7 Å². The summed E-state index contributed by atoms with van der Waals surface area (Å²) in [5.74, 6) is 2.18. The summed E-state index contributed by atoms with van der Waals surface area (Å²) in [5.41, 5.74) is 2.47. The van der Waals surface area contributed by atoms with Crippen LogP contribution in [0.4, 0.5) is 0 Å². The van der Waals surface area contributed by atoms with E-state index >= 15 is 0 Å². The zero-order valence-electron chi connectivity index (χ0n) is 15.9. The normalized spacial score (nSPS) is 16.3. The SMILES string of the molecule is C/C=C1/OCO/C1=C/C=C/n1c(C)c(C#N)c2ccc(OC)cc21.CC. The minimum absolute atomic E-state index is 0.237. The van der Waals surface area contributed by atoms with Gasteiger partial charge in [-0.05, 0) is 44.2 Å². The molecule has 3 rings (SSSR count). The van der Waals surface area contributed by atoms with E-state index < -0.39 is 0 Å². The van der Waals surface area contributed by atoms with E-state index in [2.05, 4.69) is 6.07 Å². The minimum Gasteiger partial charge on any atom is -0.497 e. The van der Waals surface area contributed by atoms with Crippen molar-refractivity contribution in [3.05, 3.63) is 59.2 Å². The number of nitriles is 1. The lowest BCUT2D eigenvalue weighted by Gasteiger charge is -2.03. The van der Waals surface area contributed by atoms with Crippen LogP contribution in [0.1, 0.15) is 32.0 Å². The van der Waals surface area contributed by atoms with Crippen LogP contribution in [0.25, 0.3) is 17.1 Å². The second-order valence-electron chi connectivity index (χ2n) is 5.26. The van der Waals surface area contributed by atoms with Crippen LogP contribution >= 0.6 is 0 Å². The summed E-state index contributed by atoms with van der Waals surface area (Å²) < 4.78 is 18.0. The number of allylic oxidation sites excluding steroid dienone is 3. The molecule has 0 N–H and O–H groups in total. The molecular weight excluding hydrogens is 328 g/mol. The van der Waals surface area contributed by atoms with Gasteiger partial charge < -0.3 is 18.8 Å². The Hall–Kier alpha value is -3.13. The van der Waals surface area contributed by atoms with Crippen LogP contribution in [-0.4, -0.2) is 18.5 Å². The second-order valence-corrected chi connectivity index (χ2v) is 5.26. The highest BCUT2D eigenvalue weighted by Gasteiger charge is 2.15. The smallest absolute Gasteiger partial charge is 0.231 e. The predicted octanol–water partition coefficient (Wildman–Crippen LogP) is 5.12. The molecule has 1 aromatic carbocycles. The first kappa shape index (κ1) is 19.2. The molecule has 2 aromatic rings. The van der Waals surface area contributed by atoms with E-state index in [0.29, 0.717) is 11.3 Å². The average Bonchev–Trinajstić information content (AvgIpc) is 3.25. The van der Waals surface area contributed by atoms with Crippen LogP contribution in [0, 0.1) is 18.3 Å². The molecule has 0 amide bonds. The highest BCUT2D eigenvalue weighted by atomic mass is 16.7. The summed E-state index contributed by atoms with van der Waals surface area (Å²) in [6.45, 7) is 8.06. The molecule has 0 saturated carbocycles. The lowest BCUT2D eigenvalue weighted by atomic mass is 10.1.